The fourth-order valence-corrected chi connectivity index (χ4v) is 3.51. The fraction of sp³-hybridized carbons (Fsp3) is 0.261. The number of aromatic nitrogens is 1. The Kier molecular flexibility index (Phi) is 6.49. The van der Waals surface area contributed by atoms with Gasteiger partial charge in [-0.05, 0) is 49.6 Å². The minimum absolute atomic E-state index is 0.255. The number of rotatable bonds is 6. The van der Waals surface area contributed by atoms with Gasteiger partial charge in [0, 0.05) is 16.1 Å². The number of fused-ring (bicyclic) bond motifs is 1. The minimum Gasteiger partial charge on any atom is -0.452 e. The molecule has 150 valence electrons. The molecular weight excluding hydrogens is 388 g/mol. The maximum atomic E-state index is 12.8. The summed E-state index contributed by atoms with van der Waals surface area (Å²) < 4.78 is 5.33. The fourth-order valence-electron chi connectivity index (χ4n) is 3.31. The van der Waals surface area contributed by atoms with Gasteiger partial charge in [0.15, 0.2) is 6.61 Å². The Morgan fingerprint density at radius 2 is 1.93 bits per heavy atom. The molecule has 0 saturated heterocycles. The Bertz CT molecular complexity index is 1070. The monoisotopic (exact) mass is 410 g/mol. The first-order valence-electron chi connectivity index (χ1n) is 9.50. The van der Waals surface area contributed by atoms with Gasteiger partial charge in [-0.1, -0.05) is 48.9 Å². The summed E-state index contributed by atoms with van der Waals surface area (Å²) in [5, 5.41) is 4.14. The molecule has 0 fully saturated rings. The lowest BCUT2D eigenvalue weighted by molar-refractivity contribution is -0.124. The second-order valence-corrected chi connectivity index (χ2v) is 7.29. The number of para-hydroxylation sites is 1. The van der Waals surface area contributed by atoms with Crippen LogP contribution in [-0.2, 0) is 16.0 Å². The summed E-state index contributed by atoms with van der Waals surface area (Å²) >= 11 is 6.00. The normalized spacial score (nSPS) is 11.9. The van der Waals surface area contributed by atoms with Crippen molar-refractivity contribution in [1.29, 1.82) is 0 Å². The van der Waals surface area contributed by atoms with Crippen molar-refractivity contribution in [3.63, 3.8) is 0 Å². The van der Waals surface area contributed by atoms with Crippen molar-refractivity contribution in [3.8, 4) is 0 Å². The smallest absolute Gasteiger partial charge is 0.339 e. The molecule has 1 aromatic heterocycles. The number of carbonyl (C=O) groups is 2. The average molecular weight is 411 g/mol. The van der Waals surface area contributed by atoms with Gasteiger partial charge in [-0.2, -0.15) is 0 Å². The predicted octanol–water partition coefficient (Wildman–Crippen LogP) is 4.79. The molecule has 6 heteroatoms. The molecule has 1 amide bonds. The molecule has 0 bridgehead atoms. The van der Waals surface area contributed by atoms with Gasteiger partial charge < -0.3 is 10.1 Å². The van der Waals surface area contributed by atoms with Crippen LogP contribution in [0.2, 0.25) is 5.02 Å². The van der Waals surface area contributed by atoms with Crippen LogP contribution in [0.1, 0.15) is 47.1 Å². The van der Waals surface area contributed by atoms with Crippen molar-refractivity contribution in [2.24, 2.45) is 0 Å². The van der Waals surface area contributed by atoms with Crippen LogP contribution in [0.3, 0.4) is 0 Å². The third-order valence-electron chi connectivity index (χ3n) is 4.84. The molecule has 0 aliphatic carbocycles. The zero-order valence-corrected chi connectivity index (χ0v) is 17.4. The van der Waals surface area contributed by atoms with E-state index in [1.54, 1.807) is 12.1 Å². The summed E-state index contributed by atoms with van der Waals surface area (Å²) in [4.78, 5) is 29.7. The largest absolute Gasteiger partial charge is 0.452 e. The number of pyridine rings is 1. The van der Waals surface area contributed by atoms with Crippen LogP contribution in [-0.4, -0.2) is 23.5 Å². The summed E-state index contributed by atoms with van der Waals surface area (Å²) in [6, 6.07) is 14.4. The van der Waals surface area contributed by atoms with Gasteiger partial charge >= 0.3 is 5.97 Å². The topological polar surface area (TPSA) is 68.3 Å². The molecule has 0 aliphatic heterocycles. The number of nitrogens with one attached hydrogen (secondary N) is 1. The molecule has 0 unspecified atom stereocenters. The minimum atomic E-state index is -0.527. The third-order valence-corrected chi connectivity index (χ3v) is 5.07. The summed E-state index contributed by atoms with van der Waals surface area (Å²) in [5.74, 6) is -0.904. The number of nitrogens with zero attached hydrogens (tertiary/aromatic N) is 1. The predicted molar refractivity (Wildman–Crippen MR) is 114 cm³/mol. The maximum Gasteiger partial charge on any atom is 0.339 e. The molecule has 0 saturated carbocycles. The summed E-state index contributed by atoms with van der Waals surface area (Å²) in [6.07, 6.45) is 0.703. The highest BCUT2D eigenvalue weighted by molar-refractivity contribution is 6.30. The number of ether oxygens (including phenoxy) is 1. The highest BCUT2D eigenvalue weighted by Gasteiger charge is 2.20. The second kappa shape index (κ2) is 9.05. The Balaban J connectivity index is 1.72. The number of amides is 1. The van der Waals surface area contributed by atoms with Crippen molar-refractivity contribution in [2.45, 2.75) is 33.2 Å². The molecule has 3 rings (SSSR count). The Morgan fingerprint density at radius 1 is 1.17 bits per heavy atom. The van der Waals surface area contributed by atoms with Crippen molar-refractivity contribution >= 4 is 34.4 Å². The van der Waals surface area contributed by atoms with E-state index < -0.39 is 5.97 Å². The Hall–Kier alpha value is -2.92. The van der Waals surface area contributed by atoms with Crippen LogP contribution in [0.5, 0.6) is 0 Å². The molecule has 0 aliphatic rings. The summed E-state index contributed by atoms with van der Waals surface area (Å²) in [7, 11) is 0. The van der Waals surface area contributed by atoms with E-state index in [2.05, 4.69) is 10.3 Å². The van der Waals surface area contributed by atoms with Crippen LogP contribution in [0.4, 0.5) is 0 Å². The highest BCUT2D eigenvalue weighted by atomic mass is 35.5. The van der Waals surface area contributed by atoms with Crippen molar-refractivity contribution in [2.75, 3.05) is 6.61 Å². The maximum absolute atomic E-state index is 12.8. The SMILES string of the molecule is CCc1nc2ccccc2c(C(=O)OCC(=O)N[C@@H](C)c2cccc(Cl)c2)c1C. The van der Waals surface area contributed by atoms with Crippen molar-refractivity contribution < 1.29 is 14.3 Å². The molecule has 1 atom stereocenters. The number of hydrogen-bond donors (Lipinski definition) is 1. The lowest BCUT2D eigenvalue weighted by Gasteiger charge is -2.16. The van der Waals surface area contributed by atoms with Gasteiger partial charge in [0.2, 0.25) is 0 Å². The summed E-state index contributed by atoms with van der Waals surface area (Å²) in [5.41, 5.74) is 3.70. The van der Waals surface area contributed by atoms with E-state index >= 15 is 0 Å². The van der Waals surface area contributed by atoms with Crippen molar-refractivity contribution in [3.05, 3.63) is 75.9 Å². The van der Waals surface area contributed by atoms with Gasteiger partial charge in [-0.3, -0.25) is 9.78 Å². The van der Waals surface area contributed by atoms with Crippen LogP contribution in [0.15, 0.2) is 48.5 Å². The number of aryl methyl sites for hydroxylation is 1. The molecule has 2 aromatic carbocycles. The van der Waals surface area contributed by atoms with Gasteiger partial charge in [0.25, 0.3) is 5.91 Å². The molecule has 5 nitrogen and oxygen atoms in total. The standard InChI is InChI=1S/C23H23ClN2O3/c1-4-19-14(2)22(18-10-5-6-11-20(18)26-19)23(28)29-13-21(27)25-15(3)16-8-7-9-17(24)12-16/h5-12,15H,4,13H2,1-3H3,(H,25,27)/t15-/m0/s1. The lowest BCUT2D eigenvalue weighted by atomic mass is 10.0. The molecule has 3 aromatic rings. The Morgan fingerprint density at radius 3 is 2.66 bits per heavy atom. The lowest BCUT2D eigenvalue weighted by Crippen LogP contribution is -2.31. The van der Waals surface area contributed by atoms with Gasteiger partial charge in [-0.25, -0.2) is 4.79 Å². The van der Waals surface area contributed by atoms with E-state index in [-0.39, 0.29) is 18.6 Å². The molecular formula is C23H23ClN2O3. The molecule has 1 heterocycles. The summed E-state index contributed by atoms with van der Waals surface area (Å²) in [6.45, 7) is 5.33. The van der Waals surface area contributed by atoms with Crippen molar-refractivity contribution in [1.82, 2.24) is 10.3 Å². The first kappa shape index (κ1) is 20.8. The highest BCUT2D eigenvalue weighted by Crippen LogP contribution is 2.24. The third kappa shape index (κ3) is 4.74. The first-order chi connectivity index (χ1) is 13.9. The van der Waals surface area contributed by atoms with E-state index in [0.717, 1.165) is 27.7 Å². The van der Waals surface area contributed by atoms with Crippen LogP contribution in [0.25, 0.3) is 10.9 Å². The number of halogens is 1. The van der Waals surface area contributed by atoms with Gasteiger partial charge in [-0.15, -0.1) is 0 Å². The number of hydrogen-bond acceptors (Lipinski definition) is 4. The van der Waals surface area contributed by atoms with Gasteiger partial charge in [0.05, 0.1) is 17.1 Å². The van der Waals surface area contributed by atoms with E-state index in [1.807, 2.05) is 57.2 Å². The second-order valence-electron chi connectivity index (χ2n) is 6.85. The Labute approximate surface area is 175 Å². The first-order valence-corrected chi connectivity index (χ1v) is 9.88. The van der Waals surface area contributed by atoms with E-state index in [4.69, 9.17) is 16.3 Å². The van der Waals surface area contributed by atoms with Gasteiger partial charge in [0.1, 0.15) is 0 Å². The average Bonchev–Trinajstić information content (AvgIpc) is 2.71. The van der Waals surface area contributed by atoms with E-state index in [9.17, 15) is 9.59 Å². The number of carbonyl (C=O) groups excluding carboxylic acids is 2. The van der Waals surface area contributed by atoms with E-state index in [1.165, 1.54) is 0 Å². The quantitative estimate of drug-likeness (QED) is 0.593. The zero-order valence-electron chi connectivity index (χ0n) is 16.7. The molecule has 1 N–H and O–H groups in total. The molecule has 0 spiro atoms. The number of benzene rings is 2. The van der Waals surface area contributed by atoms with Crippen LogP contribution in [0, 0.1) is 6.92 Å². The van der Waals surface area contributed by atoms with Crippen LogP contribution >= 0.6 is 11.6 Å². The molecule has 29 heavy (non-hydrogen) atoms. The molecule has 0 radical (unpaired) electrons. The zero-order chi connectivity index (χ0) is 21.0. The number of esters is 1. The van der Waals surface area contributed by atoms with E-state index in [0.29, 0.717) is 17.0 Å². The van der Waals surface area contributed by atoms with Crippen LogP contribution < -0.4 is 5.32 Å².